The second kappa shape index (κ2) is 7.38. The van der Waals surface area contributed by atoms with Crippen molar-refractivity contribution in [2.75, 3.05) is 12.3 Å². The fourth-order valence-electron chi connectivity index (χ4n) is 1.55. The molecule has 0 aromatic heterocycles. The van der Waals surface area contributed by atoms with Gasteiger partial charge in [0.15, 0.2) is 0 Å². The molecule has 1 aromatic rings. The zero-order chi connectivity index (χ0) is 13.5. The fourth-order valence-corrected chi connectivity index (χ4v) is 2.46. The van der Waals surface area contributed by atoms with E-state index in [0.29, 0.717) is 12.3 Å². The van der Waals surface area contributed by atoms with Crippen LogP contribution in [0.2, 0.25) is 0 Å². The smallest absolute Gasteiger partial charge is 0.230 e. The van der Waals surface area contributed by atoms with E-state index in [9.17, 15) is 9.18 Å². The monoisotopic (exact) mass is 270 g/mol. The number of thioether (sulfide) groups is 1. The number of nitrogens with one attached hydrogen (secondary N) is 1. The molecule has 0 saturated heterocycles. The average molecular weight is 270 g/mol. The average Bonchev–Trinajstić information content (AvgIpc) is 2.29. The maximum absolute atomic E-state index is 13.1. The zero-order valence-electron chi connectivity index (χ0n) is 10.7. The summed E-state index contributed by atoms with van der Waals surface area (Å²) < 4.78 is 13.1. The standard InChI is InChI=1S/C13H19FN2OS/c1-9(2)16-13(17)8-18-12(7-15)10-4-3-5-11(14)6-10/h3-6,9,12H,7-8,15H2,1-2H3,(H,16,17). The first-order valence-corrected chi connectivity index (χ1v) is 6.94. The number of halogens is 1. The van der Waals surface area contributed by atoms with Crippen LogP contribution in [0.25, 0.3) is 0 Å². The predicted octanol–water partition coefficient (Wildman–Crippen LogP) is 2.08. The molecule has 18 heavy (non-hydrogen) atoms. The Kier molecular flexibility index (Phi) is 6.15. The Morgan fingerprint density at radius 3 is 2.78 bits per heavy atom. The Morgan fingerprint density at radius 1 is 1.50 bits per heavy atom. The van der Waals surface area contributed by atoms with Gasteiger partial charge in [-0.3, -0.25) is 4.79 Å². The molecule has 0 aliphatic carbocycles. The van der Waals surface area contributed by atoms with Crippen LogP contribution in [0.3, 0.4) is 0 Å². The third kappa shape index (κ3) is 5.06. The molecule has 0 fully saturated rings. The SMILES string of the molecule is CC(C)NC(=O)CSC(CN)c1cccc(F)c1. The van der Waals surface area contributed by atoms with Crippen molar-refractivity contribution in [1.29, 1.82) is 0 Å². The number of carbonyl (C=O) groups is 1. The molecule has 1 atom stereocenters. The molecule has 3 N–H and O–H groups in total. The molecular weight excluding hydrogens is 251 g/mol. The number of hydrogen-bond donors (Lipinski definition) is 2. The van der Waals surface area contributed by atoms with Crippen LogP contribution in [0.5, 0.6) is 0 Å². The molecular formula is C13H19FN2OS. The molecule has 1 aromatic carbocycles. The maximum atomic E-state index is 13.1. The summed E-state index contributed by atoms with van der Waals surface area (Å²) in [5.74, 6) is 0.0272. The minimum atomic E-state index is -0.279. The zero-order valence-corrected chi connectivity index (χ0v) is 11.5. The van der Waals surface area contributed by atoms with Gasteiger partial charge in [-0.15, -0.1) is 11.8 Å². The van der Waals surface area contributed by atoms with Crippen LogP contribution in [0.1, 0.15) is 24.7 Å². The maximum Gasteiger partial charge on any atom is 0.230 e. The summed E-state index contributed by atoms with van der Waals surface area (Å²) in [6.45, 7) is 4.20. The lowest BCUT2D eigenvalue weighted by Gasteiger charge is -2.15. The number of benzene rings is 1. The van der Waals surface area contributed by atoms with Crippen molar-refractivity contribution in [3.05, 3.63) is 35.6 Å². The van der Waals surface area contributed by atoms with Gasteiger partial charge in [-0.05, 0) is 31.5 Å². The van der Waals surface area contributed by atoms with Crippen molar-refractivity contribution in [1.82, 2.24) is 5.32 Å². The third-order valence-electron chi connectivity index (χ3n) is 2.30. The summed E-state index contributed by atoms with van der Waals surface area (Å²) in [5.41, 5.74) is 6.49. The van der Waals surface area contributed by atoms with Gasteiger partial charge in [0.05, 0.1) is 5.75 Å². The highest BCUT2D eigenvalue weighted by Gasteiger charge is 2.13. The van der Waals surface area contributed by atoms with Crippen molar-refractivity contribution in [3.63, 3.8) is 0 Å². The van der Waals surface area contributed by atoms with Gasteiger partial charge in [0.1, 0.15) is 5.82 Å². The van der Waals surface area contributed by atoms with Crippen LogP contribution in [-0.2, 0) is 4.79 Å². The highest BCUT2D eigenvalue weighted by molar-refractivity contribution is 8.00. The Hall–Kier alpha value is -1.07. The van der Waals surface area contributed by atoms with Gasteiger partial charge in [-0.25, -0.2) is 4.39 Å². The largest absolute Gasteiger partial charge is 0.353 e. The van der Waals surface area contributed by atoms with Gasteiger partial charge in [0, 0.05) is 17.8 Å². The minimum Gasteiger partial charge on any atom is -0.353 e. The van der Waals surface area contributed by atoms with Gasteiger partial charge >= 0.3 is 0 Å². The van der Waals surface area contributed by atoms with Crippen LogP contribution in [-0.4, -0.2) is 24.2 Å². The first-order chi connectivity index (χ1) is 8.52. The molecule has 0 radical (unpaired) electrons. The van der Waals surface area contributed by atoms with E-state index in [4.69, 9.17) is 5.73 Å². The van der Waals surface area contributed by atoms with E-state index in [0.717, 1.165) is 5.56 Å². The van der Waals surface area contributed by atoms with E-state index in [1.807, 2.05) is 19.9 Å². The summed E-state index contributed by atoms with van der Waals surface area (Å²) in [4.78, 5) is 11.5. The molecule has 0 aliphatic rings. The third-order valence-corrected chi connectivity index (χ3v) is 3.60. The fraction of sp³-hybridized carbons (Fsp3) is 0.462. The molecule has 0 aliphatic heterocycles. The van der Waals surface area contributed by atoms with E-state index in [1.54, 1.807) is 6.07 Å². The van der Waals surface area contributed by atoms with Crippen LogP contribution in [0, 0.1) is 5.82 Å². The lowest BCUT2D eigenvalue weighted by molar-refractivity contribution is -0.119. The van der Waals surface area contributed by atoms with Gasteiger partial charge in [0.2, 0.25) is 5.91 Å². The molecule has 1 amide bonds. The summed E-state index contributed by atoms with van der Waals surface area (Å²) in [7, 11) is 0. The minimum absolute atomic E-state index is 0.0233. The Morgan fingerprint density at radius 2 is 2.22 bits per heavy atom. The molecule has 5 heteroatoms. The highest BCUT2D eigenvalue weighted by Crippen LogP contribution is 2.27. The number of hydrogen-bond acceptors (Lipinski definition) is 3. The van der Waals surface area contributed by atoms with E-state index in [-0.39, 0.29) is 23.0 Å². The molecule has 0 spiro atoms. The van der Waals surface area contributed by atoms with Crippen LogP contribution in [0.15, 0.2) is 24.3 Å². The summed E-state index contributed by atoms with van der Waals surface area (Å²) in [6, 6.07) is 6.47. The Labute approximate surface area is 111 Å². The van der Waals surface area contributed by atoms with Crippen molar-refractivity contribution < 1.29 is 9.18 Å². The molecule has 100 valence electrons. The number of nitrogens with two attached hydrogens (primary N) is 1. The van der Waals surface area contributed by atoms with Crippen molar-refractivity contribution >= 4 is 17.7 Å². The highest BCUT2D eigenvalue weighted by atomic mass is 32.2. The summed E-state index contributed by atoms with van der Waals surface area (Å²) in [6.07, 6.45) is 0. The van der Waals surface area contributed by atoms with Crippen molar-refractivity contribution in [2.24, 2.45) is 5.73 Å². The Bertz CT molecular complexity index is 398. The number of rotatable bonds is 6. The molecule has 0 saturated carbocycles. The number of carbonyl (C=O) groups excluding carboxylic acids is 1. The molecule has 0 heterocycles. The van der Waals surface area contributed by atoms with E-state index < -0.39 is 0 Å². The quantitative estimate of drug-likeness (QED) is 0.832. The molecule has 0 bridgehead atoms. The molecule has 1 unspecified atom stereocenters. The van der Waals surface area contributed by atoms with Gasteiger partial charge in [-0.2, -0.15) is 0 Å². The van der Waals surface area contributed by atoms with E-state index in [1.165, 1.54) is 23.9 Å². The van der Waals surface area contributed by atoms with Gasteiger partial charge in [0.25, 0.3) is 0 Å². The van der Waals surface area contributed by atoms with Crippen LogP contribution >= 0.6 is 11.8 Å². The molecule has 3 nitrogen and oxygen atoms in total. The normalized spacial score (nSPS) is 12.5. The molecule has 1 rings (SSSR count). The van der Waals surface area contributed by atoms with E-state index in [2.05, 4.69) is 5.32 Å². The second-order valence-corrected chi connectivity index (χ2v) is 5.50. The van der Waals surface area contributed by atoms with Crippen molar-refractivity contribution in [3.8, 4) is 0 Å². The van der Waals surface area contributed by atoms with Crippen molar-refractivity contribution in [2.45, 2.75) is 25.1 Å². The summed E-state index contributed by atoms with van der Waals surface area (Å²) in [5, 5.41) is 2.75. The number of amides is 1. The lowest BCUT2D eigenvalue weighted by atomic mass is 10.1. The first-order valence-electron chi connectivity index (χ1n) is 5.89. The topological polar surface area (TPSA) is 55.1 Å². The first kappa shape index (κ1) is 15.0. The van der Waals surface area contributed by atoms with Crippen LogP contribution in [0.4, 0.5) is 4.39 Å². The Balaban J connectivity index is 2.55. The van der Waals surface area contributed by atoms with Gasteiger partial charge < -0.3 is 11.1 Å². The second-order valence-electron chi connectivity index (χ2n) is 4.31. The van der Waals surface area contributed by atoms with Crippen LogP contribution < -0.4 is 11.1 Å². The van der Waals surface area contributed by atoms with Gasteiger partial charge in [-0.1, -0.05) is 12.1 Å². The summed E-state index contributed by atoms with van der Waals surface area (Å²) >= 11 is 1.43. The lowest BCUT2D eigenvalue weighted by Crippen LogP contribution is -2.32. The predicted molar refractivity (Wildman–Crippen MR) is 73.9 cm³/mol. The van der Waals surface area contributed by atoms with E-state index >= 15 is 0 Å².